The first kappa shape index (κ1) is 26.0. The topological polar surface area (TPSA) is 89.0 Å². The Labute approximate surface area is 213 Å². The van der Waals surface area contributed by atoms with E-state index in [1.807, 2.05) is 68.4 Å². The largest absolute Gasteiger partial charge is 0.490 e. The third-order valence-corrected chi connectivity index (χ3v) is 5.50. The molecule has 0 atom stereocenters. The Morgan fingerprint density at radius 2 is 1.71 bits per heavy atom. The predicted octanol–water partition coefficient (Wildman–Crippen LogP) is 5.47. The summed E-state index contributed by atoms with van der Waals surface area (Å²) in [5.41, 5.74) is 5.85. The third-order valence-electron chi connectivity index (χ3n) is 4.97. The van der Waals surface area contributed by atoms with Crippen LogP contribution in [0.5, 0.6) is 11.5 Å². The zero-order valence-electron chi connectivity index (χ0n) is 19.7. The Morgan fingerprint density at radius 1 is 0.943 bits per heavy atom. The summed E-state index contributed by atoms with van der Waals surface area (Å²) in [5, 5.41) is 6.73. The number of para-hydroxylation sites is 1. The molecule has 0 aliphatic carbocycles. The Bertz CT molecular complexity index is 1180. The first-order valence-corrected chi connectivity index (χ1v) is 12.1. The van der Waals surface area contributed by atoms with Gasteiger partial charge in [-0.1, -0.05) is 53.2 Å². The fourth-order valence-corrected chi connectivity index (χ4v) is 3.51. The molecule has 7 nitrogen and oxygen atoms in total. The van der Waals surface area contributed by atoms with E-state index < -0.39 is 11.8 Å². The van der Waals surface area contributed by atoms with Crippen LogP contribution in [-0.2, 0) is 22.6 Å². The van der Waals surface area contributed by atoms with E-state index in [1.54, 1.807) is 12.1 Å². The van der Waals surface area contributed by atoms with E-state index in [1.165, 1.54) is 6.21 Å². The summed E-state index contributed by atoms with van der Waals surface area (Å²) in [7, 11) is 0. The molecule has 0 fully saturated rings. The van der Waals surface area contributed by atoms with Crippen LogP contribution in [0.4, 0.5) is 5.69 Å². The van der Waals surface area contributed by atoms with Gasteiger partial charge in [-0.3, -0.25) is 9.59 Å². The van der Waals surface area contributed by atoms with Crippen LogP contribution in [0.1, 0.15) is 37.0 Å². The van der Waals surface area contributed by atoms with Gasteiger partial charge in [-0.15, -0.1) is 0 Å². The number of nitrogens with one attached hydrogen (secondary N) is 2. The smallest absolute Gasteiger partial charge is 0.249 e. The Kier molecular flexibility index (Phi) is 9.86. The molecule has 2 N–H and O–H groups in total. The van der Waals surface area contributed by atoms with E-state index in [4.69, 9.17) is 9.47 Å². The normalized spacial score (nSPS) is 10.7. The summed E-state index contributed by atoms with van der Waals surface area (Å²) in [4.78, 5) is 24.3. The molecule has 35 heavy (non-hydrogen) atoms. The molecule has 3 rings (SSSR count). The number of benzene rings is 3. The summed E-state index contributed by atoms with van der Waals surface area (Å²) < 4.78 is 12.6. The number of aryl methyl sites for hydroxylation is 1. The van der Waals surface area contributed by atoms with Gasteiger partial charge in [-0.05, 0) is 66.4 Å². The number of rotatable bonds is 11. The van der Waals surface area contributed by atoms with Gasteiger partial charge in [-0.2, -0.15) is 5.10 Å². The fraction of sp³-hybridized carbons (Fsp3) is 0.222. The van der Waals surface area contributed by atoms with Crippen molar-refractivity contribution in [3.05, 3.63) is 87.9 Å². The zero-order valence-corrected chi connectivity index (χ0v) is 21.3. The number of anilines is 1. The lowest BCUT2D eigenvalue weighted by atomic mass is 10.1. The number of halogens is 1. The molecule has 3 aromatic carbocycles. The number of nitrogens with zero attached hydrogens (tertiary/aromatic N) is 1. The fourth-order valence-electron chi connectivity index (χ4n) is 3.24. The van der Waals surface area contributed by atoms with E-state index in [-0.39, 0.29) is 6.42 Å². The molecular weight excluding hydrogens is 510 g/mol. The second kappa shape index (κ2) is 13.3. The van der Waals surface area contributed by atoms with Gasteiger partial charge in [0.1, 0.15) is 13.0 Å². The summed E-state index contributed by atoms with van der Waals surface area (Å²) in [6.07, 6.45) is 1.94. The van der Waals surface area contributed by atoms with Crippen molar-refractivity contribution < 1.29 is 19.1 Å². The summed E-state index contributed by atoms with van der Waals surface area (Å²) >= 11 is 3.42. The number of ether oxygens (including phenoxy) is 2. The van der Waals surface area contributed by atoms with Crippen LogP contribution in [0.2, 0.25) is 0 Å². The summed E-state index contributed by atoms with van der Waals surface area (Å²) in [6, 6.07) is 20.8. The molecule has 3 aromatic rings. The average molecular weight is 538 g/mol. The molecule has 2 amide bonds. The lowest BCUT2D eigenvalue weighted by Gasteiger charge is -2.12. The maximum absolute atomic E-state index is 12.2. The van der Waals surface area contributed by atoms with Gasteiger partial charge < -0.3 is 14.8 Å². The number of amides is 2. The average Bonchev–Trinajstić information content (AvgIpc) is 2.85. The quantitative estimate of drug-likeness (QED) is 0.193. The lowest BCUT2D eigenvalue weighted by Crippen LogP contribution is -2.25. The summed E-state index contributed by atoms with van der Waals surface area (Å²) in [5.74, 6) is 0.283. The SMILES string of the molecule is CCOc1cc(C=NNC(=O)CC(=O)Nc2ccccc2CC)ccc1OCc1ccc(Br)cc1. The van der Waals surface area contributed by atoms with E-state index in [0.29, 0.717) is 36.0 Å². The Morgan fingerprint density at radius 3 is 2.46 bits per heavy atom. The second-order valence-corrected chi connectivity index (χ2v) is 8.50. The molecule has 8 heteroatoms. The van der Waals surface area contributed by atoms with Crippen molar-refractivity contribution in [1.82, 2.24) is 5.43 Å². The van der Waals surface area contributed by atoms with E-state index in [9.17, 15) is 9.59 Å². The van der Waals surface area contributed by atoms with Crippen molar-refractivity contribution in [2.75, 3.05) is 11.9 Å². The highest BCUT2D eigenvalue weighted by atomic mass is 79.9. The predicted molar refractivity (Wildman–Crippen MR) is 141 cm³/mol. The molecule has 0 saturated carbocycles. The lowest BCUT2D eigenvalue weighted by molar-refractivity contribution is -0.126. The number of carbonyl (C=O) groups excluding carboxylic acids is 2. The first-order chi connectivity index (χ1) is 17.0. The van der Waals surface area contributed by atoms with Crippen LogP contribution in [-0.4, -0.2) is 24.6 Å². The van der Waals surface area contributed by atoms with Crippen LogP contribution in [0.15, 0.2) is 76.3 Å². The number of hydrazone groups is 1. The maximum atomic E-state index is 12.2. The zero-order chi connectivity index (χ0) is 25.0. The van der Waals surface area contributed by atoms with Gasteiger partial charge in [0.2, 0.25) is 11.8 Å². The minimum absolute atomic E-state index is 0.331. The molecule has 0 bridgehead atoms. The molecule has 0 spiro atoms. The van der Waals surface area contributed by atoms with Crippen LogP contribution in [0.25, 0.3) is 0 Å². The van der Waals surface area contributed by atoms with Gasteiger partial charge in [0, 0.05) is 10.2 Å². The molecule has 0 aliphatic rings. The summed E-state index contributed by atoms with van der Waals surface area (Å²) in [6.45, 7) is 4.78. The van der Waals surface area contributed by atoms with Crippen LogP contribution in [0.3, 0.4) is 0 Å². The molecule has 0 heterocycles. The van der Waals surface area contributed by atoms with Gasteiger partial charge in [0.05, 0.1) is 12.8 Å². The Balaban J connectivity index is 1.54. The highest BCUT2D eigenvalue weighted by molar-refractivity contribution is 9.10. The van der Waals surface area contributed by atoms with Crippen LogP contribution in [0, 0.1) is 0 Å². The van der Waals surface area contributed by atoms with E-state index in [2.05, 4.69) is 31.8 Å². The van der Waals surface area contributed by atoms with Crippen LogP contribution < -0.4 is 20.2 Å². The van der Waals surface area contributed by atoms with Crippen molar-refractivity contribution in [2.24, 2.45) is 5.10 Å². The van der Waals surface area contributed by atoms with Gasteiger partial charge in [0.25, 0.3) is 0 Å². The molecule has 0 saturated heterocycles. The monoisotopic (exact) mass is 537 g/mol. The second-order valence-electron chi connectivity index (χ2n) is 7.58. The molecule has 0 aromatic heterocycles. The molecular formula is C27H28BrN3O4. The molecule has 0 radical (unpaired) electrons. The number of carbonyl (C=O) groups is 2. The van der Waals surface area contributed by atoms with Gasteiger partial charge in [0.15, 0.2) is 11.5 Å². The molecule has 0 aliphatic heterocycles. The highest BCUT2D eigenvalue weighted by Crippen LogP contribution is 2.29. The number of hydrogen-bond donors (Lipinski definition) is 2. The molecule has 182 valence electrons. The number of hydrogen-bond acceptors (Lipinski definition) is 5. The van der Waals surface area contributed by atoms with Crippen molar-refractivity contribution in [2.45, 2.75) is 33.3 Å². The van der Waals surface area contributed by atoms with Gasteiger partial charge >= 0.3 is 0 Å². The van der Waals surface area contributed by atoms with Crippen molar-refractivity contribution in [3.63, 3.8) is 0 Å². The minimum Gasteiger partial charge on any atom is -0.490 e. The minimum atomic E-state index is -0.507. The highest BCUT2D eigenvalue weighted by Gasteiger charge is 2.11. The van der Waals surface area contributed by atoms with E-state index in [0.717, 1.165) is 22.0 Å². The van der Waals surface area contributed by atoms with Crippen molar-refractivity contribution >= 4 is 39.6 Å². The van der Waals surface area contributed by atoms with E-state index >= 15 is 0 Å². The first-order valence-electron chi connectivity index (χ1n) is 11.3. The Hall–Kier alpha value is -3.65. The molecule has 0 unspecified atom stereocenters. The van der Waals surface area contributed by atoms with Gasteiger partial charge in [-0.25, -0.2) is 5.43 Å². The maximum Gasteiger partial charge on any atom is 0.249 e. The standard InChI is InChI=1S/C27H28BrN3O4/c1-3-21-7-5-6-8-23(21)30-26(32)16-27(33)31-29-17-20-11-14-24(25(15-20)34-4-2)35-18-19-9-12-22(28)13-10-19/h5-15,17H,3-4,16,18H2,1-2H3,(H,30,32)(H,31,33). The van der Waals surface area contributed by atoms with Crippen molar-refractivity contribution in [3.8, 4) is 11.5 Å². The van der Waals surface area contributed by atoms with Crippen LogP contribution >= 0.6 is 15.9 Å². The van der Waals surface area contributed by atoms with Crippen molar-refractivity contribution in [1.29, 1.82) is 0 Å². The third kappa shape index (κ3) is 8.26.